The number of aromatic nitrogens is 2. The van der Waals surface area contributed by atoms with Crippen LogP contribution in [0.15, 0.2) is 29.1 Å². The van der Waals surface area contributed by atoms with E-state index in [0.29, 0.717) is 31.5 Å². The number of para-hydroxylation sites is 2. The van der Waals surface area contributed by atoms with E-state index in [-0.39, 0.29) is 11.6 Å². The largest absolute Gasteiger partial charge is 0.339 e. The lowest BCUT2D eigenvalue weighted by atomic mass is 9.78. The highest BCUT2D eigenvalue weighted by molar-refractivity contribution is 5.78. The molecule has 1 aromatic heterocycles. The number of likely N-dealkylation sites (tertiary alicyclic amines) is 1. The third-order valence-electron chi connectivity index (χ3n) is 6.35. The van der Waals surface area contributed by atoms with Gasteiger partial charge in [-0.1, -0.05) is 25.0 Å². The van der Waals surface area contributed by atoms with E-state index < -0.39 is 0 Å². The molecule has 2 unspecified atom stereocenters. The fraction of sp³-hybridized carbons (Fsp3) is 0.619. The Morgan fingerprint density at radius 1 is 1.04 bits per heavy atom. The summed E-state index contributed by atoms with van der Waals surface area (Å²) in [4.78, 5) is 27.8. The van der Waals surface area contributed by atoms with Gasteiger partial charge in [0.2, 0.25) is 5.91 Å². The van der Waals surface area contributed by atoms with Crippen LogP contribution >= 0.6 is 0 Å². The lowest BCUT2D eigenvalue weighted by molar-refractivity contribution is -0.137. The van der Waals surface area contributed by atoms with Gasteiger partial charge < -0.3 is 4.90 Å². The van der Waals surface area contributed by atoms with Gasteiger partial charge in [-0.2, -0.15) is 0 Å². The average molecular weight is 355 g/mol. The number of nitrogens with zero attached hydrogens (tertiary/aromatic N) is 3. The van der Waals surface area contributed by atoms with Gasteiger partial charge in [-0.3, -0.25) is 13.9 Å². The Morgan fingerprint density at radius 2 is 1.73 bits per heavy atom. The summed E-state index contributed by atoms with van der Waals surface area (Å²) in [6.07, 6.45) is 7.81. The van der Waals surface area contributed by atoms with Gasteiger partial charge >= 0.3 is 5.69 Å². The summed E-state index contributed by atoms with van der Waals surface area (Å²) in [7, 11) is 0. The van der Waals surface area contributed by atoms with Crippen LogP contribution in [0.4, 0.5) is 0 Å². The fourth-order valence-electron chi connectivity index (χ4n) is 5.08. The normalized spacial score (nSPS) is 23.2. The Morgan fingerprint density at radius 3 is 2.50 bits per heavy atom. The van der Waals surface area contributed by atoms with Crippen molar-refractivity contribution >= 4 is 16.9 Å². The second kappa shape index (κ2) is 7.29. The SMILES string of the molecule is CCn1c(=O)n(CCC(=O)N2CCCC3CCCCC32)c2ccccc21. The number of amides is 1. The second-order valence-corrected chi connectivity index (χ2v) is 7.76. The van der Waals surface area contributed by atoms with Crippen molar-refractivity contribution in [3.8, 4) is 0 Å². The van der Waals surface area contributed by atoms with Crippen molar-refractivity contribution in [1.29, 1.82) is 0 Å². The van der Waals surface area contributed by atoms with E-state index in [1.165, 1.54) is 25.7 Å². The molecule has 1 saturated heterocycles. The smallest absolute Gasteiger partial charge is 0.329 e. The van der Waals surface area contributed by atoms with E-state index in [2.05, 4.69) is 4.90 Å². The number of carbonyl (C=O) groups excluding carboxylic acids is 1. The van der Waals surface area contributed by atoms with Crippen molar-refractivity contribution in [2.75, 3.05) is 6.54 Å². The van der Waals surface area contributed by atoms with Gasteiger partial charge in [-0.05, 0) is 50.7 Å². The number of aryl methyl sites for hydroxylation is 2. The van der Waals surface area contributed by atoms with Gasteiger partial charge in [-0.15, -0.1) is 0 Å². The van der Waals surface area contributed by atoms with Crippen molar-refractivity contribution in [2.24, 2.45) is 5.92 Å². The summed E-state index contributed by atoms with van der Waals surface area (Å²) in [6.45, 7) is 4.00. The quantitative estimate of drug-likeness (QED) is 0.844. The molecule has 5 nitrogen and oxygen atoms in total. The Hall–Kier alpha value is -2.04. The van der Waals surface area contributed by atoms with E-state index in [1.807, 2.05) is 31.2 Å². The molecule has 1 aromatic carbocycles. The standard InChI is InChI=1S/C21H29N3O2/c1-2-22-18-11-5-6-12-19(18)24(21(22)26)15-13-20(25)23-14-7-9-16-8-3-4-10-17(16)23/h5-6,11-12,16-17H,2-4,7-10,13-15H2,1H3. The van der Waals surface area contributed by atoms with Gasteiger partial charge in [0.1, 0.15) is 0 Å². The van der Waals surface area contributed by atoms with Crippen molar-refractivity contribution < 1.29 is 4.79 Å². The zero-order valence-corrected chi connectivity index (χ0v) is 15.7. The molecule has 1 aliphatic heterocycles. The Balaban J connectivity index is 1.52. The first-order chi connectivity index (χ1) is 12.7. The maximum Gasteiger partial charge on any atom is 0.329 e. The predicted octanol–water partition coefficient (Wildman–Crippen LogP) is 3.39. The highest BCUT2D eigenvalue weighted by Gasteiger charge is 2.35. The zero-order chi connectivity index (χ0) is 18.1. The summed E-state index contributed by atoms with van der Waals surface area (Å²) in [5.41, 5.74) is 1.88. The van der Waals surface area contributed by atoms with Crippen molar-refractivity contribution in [3.63, 3.8) is 0 Å². The monoisotopic (exact) mass is 355 g/mol. The second-order valence-electron chi connectivity index (χ2n) is 7.76. The number of rotatable bonds is 4. The number of carbonyl (C=O) groups is 1. The maximum atomic E-state index is 13.0. The first-order valence-electron chi connectivity index (χ1n) is 10.2. The molecule has 2 aromatic rings. The van der Waals surface area contributed by atoms with Crippen LogP contribution < -0.4 is 5.69 Å². The summed E-state index contributed by atoms with van der Waals surface area (Å²) in [5.74, 6) is 0.924. The minimum Gasteiger partial charge on any atom is -0.339 e. The highest BCUT2D eigenvalue weighted by atomic mass is 16.2. The molecule has 140 valence electrons. The fourth-order valence-corrected chi connectivity index (χ4v) is 5.08. The van der Waals surface area contributed by atoms with Crippen LogP contribution in [0.5, 0.6) is 0 Å². The van der Waals surface area contributed by atoms with Gasteiger partial charge in [0, 0.05) is 32.1 Å². The van der Waals surface area contributed by atoms with Crippen molar-refractivity contribution in [1.82, 2.24) is 14.0 Å². The van der Waals surface area contributed by atoms with Crippen molar-refractivity contribution in [3.05, 3.63) is 34.7 Å². The highest BCUT2D eigenvalue weighted by Crippen LogP contribution is 2.35. The first kappa shape index (κ1) is 17.4. The van der Waals surface area contributed by atoms with E-state index >= 15 is 0 Å². The van der Waals surface area contributed by atoms with Crippen LogP contribution in [0.3, 0.4) is 0 Å². The molecular formula is C21H29N3O2. The lowest BCUT2D eigenvalue weighted by Crippen LogP contribution is -2.49. The number of benzene rings is 1. The van der Waals surface area contributed by atoms with E-state index in [4.69, 9.17) is 0 Å². The number of fused-ring (bicyclic) bond motifs is 2. The van der Waals surface area contributed by atoms with Crippen LogP contribution in [-0.2, 0) is 17.9 Å². The van der Waals surface area contributed by atoms with E-state index in [9.17, 15) is 9.59 Å². The zero-order valence-electron chi connectivity index (χ0n) is 15.7. The topological polar surface area (TPSA) is 47.2 Å². The van der Waals surface area contributed by atoms with Crippen LogP contribution in [0, 0.1) is 5.92 Å². The first-order valence-corrected chi connectivity index (χ1v) is 10.2. The van der Waals surface area contributed by atoms with Gasteiger partial charge in [-0.25, -0.2) is 4.79 Å². The van der Waals surface area contributed by atoms with E-state index in [0.717, 1.165) is 30.4 Å². The Bertz CT molecular complexity index is 849. The molecule has 1 aliphatic carbocycles. The molecule has 2 atom stereocenters. The molecule has 5 heteroatoms. The molecule has 26 heavy (non-hydrogen) atoms. The molecule has 1 saturated carbocycles. The average Bonchev–Trinajstić information content (AvgIpc) is 2.96. The summed E-state index contributed by atoms with van der Waals surface area (Å²) in [6, 6.07) is 8.32. The van der Waals surface area contributed by atoms with Crippen LogP contribution in [0.25, 0.3) is 11.0 Å². The van der Waals surface area contributed by atoms with Gasteiger partial charge in [0.15, 0.2) is 0 Å². The van der Waals surface area contributed by atoms with E-state index in [1.54, 1.807) is 9.13 Å². The number of imidazole rings is 1. The Kier molecular flexibility index (Phi) is 4.88. The van der Waals surface area contributed by atoms with Gasteiger partial charge in [0.25, 0.3) is 0 Å². The van der Waals surface area contributed by atoms with Crippen molar-refractivity contribution in [2.45, 2.75) is 71.0 Å². The molecule has 0 spiro atoms. The molecule has 2 aliphatic rings. The van der Waals surface area contributed by atoms with Crippen LogP contribution in [0.2, 0.25) is 0 Å². The minimum absolute atomic E-state index is 0.00399. The number of piperidine rings is 1. The minimum atomic E-state index is -0.00399. The molecule has 1 amide bonds. The number of hydrogen-bond acceptors (Lipinski definition) is 2. The Labute approximate surface area is 154 Å². The lowest BCUT2D eigenvalue weighted by Gasteiger charge is -2.44. The molecule has 0 radical (unpaired) electrons. The molecule has 0 N–H and O–H groups in total. The molecule has 0 bridgehead atoms. The predicted molar refractivity (Wildman–Crippen MR) is 103 cm³/mol. The maximum absolute atomic E-state index is 13.0. The summed E-state index contributed by atoms with van der Waals surface area (Å²) >= 11 is 0. The number of hydrogen-bond donors (Lipinski definition) is 0. The van der Waals surface area contributed by atoms with Gasteiger partial charge in [0.05, 0.1) is 11.0 Å². The van der Waals surface area contributed by atoms with Crippen LogP contribution in [-0.4, -0.2) is 32.5 Å². The molecule has 4 rings (SSSR count). The summed E-state index contributed by atoms with van der Waals surface area (Å²) < 4.78 is 3.57. The summed E-state index contributed by atoms with van der Waals surface area (Å²) in [5, 5.41) is 0. The van der Waals surface area contributed by atoms with Crippen LogP contribution in [0.1, 0.15) is 51.9 Å². The molecular weight excluding hydrogens is 326 g/mol. The molecule has 2 fully saturated rings. The third-order valence-corrected chi connectivity index (χ3v) is 6.35. The third kappa shape index (κ3) is 2.97. The molecule has 2 heterocycles.